The molecule has 0 bridgehead atoms. The third-order valence-electron chi connectivity index (χ3n) is 3.02. The highest BCUT2D eigenvalue weighted by atomic mass is 32.2. The molecular weight excluding hydrogens is 262 g/mol. The van der Waals surface area contributed by atoms with Gasteiger partial charge in [-0.1, -0.05) is 13.0 Å². The van der Waals surface area contributed by atoms with Crippen LogP contribution < -0.4 is 0 Å². The van der Waals surface area contributed by atoms with Crippen LogP contribution in [0.3, 0.4) is 0 Å². The van der Waals surface area contributed by atoms with E-state index in [0.717, 1.165) is 6.42 Å². The van der Waals surface area contributed by atoms with E-state index < -0.39 is 9.84 Å². The number of sulfone groups is 1. The maximum atomic E-state index is 12.1. The molecule has 0 radical (unpaired) electrons. The maximum absolute atomic E-state index is 12.1. The van der Waals surface area contributed by atoms with Crippen molar-refractivity contribution in [2.75, 3.05) is 12.4 Å². The van der Waals surface area contributed by atoms with Gasteiger partial charge in [0, 0.05) is 0 Å². The van der Waals surface area contributed by atoms with Crippen molar-refractivity contribution < 1.29 is 13.2 Å². The second kappa shape index (κ2) is 6.18. The Hall–Kier alpha value is -1.38. The molecule has 0 fully saturated rings. The summed E-state index contributed by atoms with van der Waals surface area (Å²) >= 11 is 0. The summed E-state index contributed by atoms with van der Waals surface area (Å²) in [5, 5.41) is 8.77. The molecule has 0 aliphatic carbocycles. The maximum Gasteiger partial charge on any atom is 0.180 e. The van der Waals surface area contributed by atoms with Crippen LogP contribution in [0.4, 0.5) is 0 Å². The number of nitriles is 1. The molecule has 0 N–H and O–H groups in total. The van der Waals surface area contributed by atoms with Gasteiger partial charge in [0.1, 0.15) is 0 Å². The quantitative estimate of drug-likeness (QED) is 0.803. The molecule has 0 amide bonds. The lowest BCUT2D eigenvalue weighted by atomic mass is 10.1. The van der Waals surface area contributed by atoms with E-state index in [1.807, 2.05) is 26.8 Å². The molecule has 0 aliphatic heterocycles. The predicted octanol–water partition coefficient (Wildman–Crippen LogP) is 2.54. The number of hydrogen-bond acceptors (Lipinski definition) is 4. The van der Waals surface area contributed by atoms with E-state index in [-0.39, 0.29) is 22.9 Å². The molecule has 19 heavy (non-hydrogen) atoms. The molecule has 5 heteroatoms. The fourth-order valence-electron chi connectivity index (χ4n) is 1.41. The van der Waals surface area contributed by atoms with Gasteiger partial charge in [0.05, 0.1) is 34.5 Å². The number of rotatable bonds is 6. The van der Waals surface area contributed by atoms with Gasteiger partial charge in [0.25, 0.3) is 0 Å². The van der Waals surface area contributed by atoms with Crippen LogP contribution in [-0.2, 0) is 14.6 Å². The number of hydrogen-bond donors (Lipinski definition) is 0. The molecule has 0 saturated heterocycles. The Kier molecular flexibility index (Phi) is 5.10. The Bertz CT molecular complexity index is 571. The van der Waals surface area contributed by atoms with Crippen LogP contribution >= 0.6 is 0 Å². The first-order chi connectivity index (χ1) is 8.80. The lowest BCUT2D eigenvalue weighted by Gasteiger charge is -2.23. The largest absolute Gasteiger partial charge is 0.375 e. The Balaban J connectivity index is 2.74. The van der Waals surface area contributed by atoms with E-state index in [1.165, 1.54) is 12.1 Å². The van der Waals surface area contributed by atoms with Crippen molar-refractivity contribution in [1.82, 2.24) is 0 Å². The Morgan fingerprint density at radius 2 is 2.05 bits per heavy atom. The smallest absolute Gasteiger partial charge is 0.180 e. The third-order valence-corrected chi connectivity index (χ3v) is 4.69. The minimum absolute atomic E-state index is 0.0781. The Morgan fingerprint density at radius 3 is 2.63 bits per heavy atom. The lowest BCUT2D eigenvalue weighted by Crippen LogP contribution is -2.26. The summed E-state index contributed by atoms with van der Waals surface area (Å²) in [5.41, 5.74) is 0.0280. The van der Waals surface area contributed by atoms with Gasteiger partial charge in [0.2, 0.25) is 0 Å². The van der Waals surface area contributed by atoms with Crippen LogP contribution in [-0.4, -0.2) is 26.4 Å². The fourth-order valence-corrected chi connectivity index (χ4v) is 2.54. The summed E-state index contributed by atoms with van der Waals surface area (Å²) < 4.78 is 29.7. The van der Waals surface area contributed by atoms with Crippen LogP contribution in [0.25, 0.3) is 0 Å². The highest BCUT2D eigenvalue weighted by Gasteiger charge is 2.19. The van der Waals surface area contributed by atoms with E-state index in [9.17, 15) is 8.42 Å². The molecule has 0 aliphatic rings. The molecule has 1 aromatic rings. The first-order valence-corrected chi connectivity index (χ1v) is 7.83. The van der Waals surface area contributed by atoms with Gasteiger partial charge < -0.3 is 4.74 Å². The molecule has 4 nitrogen and oxygen atoms in total. The van der Waals surface area contributed by atoms with Gasteiger partial charge in [-0.15, -0.1) is 0 Å². The highest BCUT2D eigenvalue weighted by molar-refractivity contribution is 7.91. The number of benzene rings is 1. The van der Waals surface area contributed by atoms with Gasteiger partial charge in [0.15, 0.2) is 9.84 Å². The fraction of sp³-hybridized carbons (Fsp3) is 0.500. The van der Waals surface area contributed by atoms with E-state index in [2.05, 4.69) is 0 Å². The first kappa shape index (κ1) is 15.7. The van der Waals surface area contributed by atoms with Gasteiger partial charge in [-0.3, -0.25) is 0 Å². The zero-order valence-electron chi connectivity index (χ0n) is 11.5. The highest BCUT2D eigenvalue weighted by Crippen LogP contribution is 2.16. The van der Waals surface area contributed by atoms with Crippen LogP contribution in [0.2, 0.25) is 0 Å². The van der Waals surface area contributed by atoms with Crippen molar-refractivity contribution in [2.45, 2.75) is 37.7 Å². The topological polar surface area (TPSA) is 67.2 Å². The average Bonchev–Trinajstić information content (AvgIpc) is 2.38. The first-order valence-electron chi connectivity index (χ1n) is 6.17. The van der Waals surface area contributed by atoms with Crippen molar-refractivity contribution in [1.29, 1.82) is 5.26 Å². The van der Waals surface area contributed by atoms with E-state index in [4.69, 9.17) is 10.00 Å². The zero-order valence-corrected chi connectivity index (χ0v) is 12.3. The monoisotopic (exact) mass is 281 g/mol. The van der Waals surface area contributed by atoms with Gasteiger partial charge >= 0.3 is 0 Å². The summed E-state index contributed by atoms with van der Waals surface area (Å²) in [7, 11) is -3.40. The second-order valence-electron chi connectivity index (χ2n) is 4.92. The zero-order chi connectivity index (χ0) is 14.5. The van der Waals surface area contributed by atoms with E-state index >= 15 is 0 Å². The Labute approximate surface area is 114 Å². The molecule has 0 saturated carbocycles. The molecule has 0 unspecified atom stereocenters. The van der Waals surface area contributed by atoms with E-state index in [1.54, 1.807) is 12.1 Å². The summed E-state index contributed by atoms with van der Waals surface area (Å²) in [5.74, 6) is -0.0781. The summed E-state index contributed by atoms with van der Waals surface area (Å²) in [6, 6.07) is 7.97. The summed E-state index contributed by atoms with van der Waals surface area (Å²) in [4.78, 5) is 0.171. The van der Waals surface area contributed by atoms with Crippen LogP contribution in [0.15, 0.2) is 29.2 Å². The summed E-state index contributed by atoms with van der Waals surface area (Å²) in [6.45, 7) is 6.00. The van der Waals surface area contributed by atoms with Gasteiger partial charge in [-0.25, -0.2) is 8.42 Å². The molecule has 0 atom stereocenters. The average molecular weight is 281 g/mol. The van der Waals surface area contributed by atoms with Crippen LogP contribution in [0.1, 0.15) is 32.8 Å². The minimum atomic E-state index is -3.40. The molecule has 104 valence electrons. The predicted molar refractivity (Wildman–Crippen MR) is 73.5 cm³/mol. The van der Waals surface area contributed by atoms with Crippen molar-refractivity contribution in [3.05, 3.63) is 29.8 Å². The van der Waals surface area contributed by atoms with Crippen molar-refractivity contribution in [3.63, 3.8) is 0 Å². The second-order valence-corrected chi connectivity index (χ2v) is 7.03. The molecule has 0 heterocycles. The molecule has 0 aromatic heterocycles. The molecule has 1 aromatic carbocycles. The van der Waals surface area contributed by atoms with Crippen molar-refractivity contribution >= 4 is 9.84 Å². The van der Waals surface area contributed by atoms with Gasteiger partial charge in [-0.2, -0.15) is 5.26 Å². The number of ether oxygens (including phenoxy) is 1. The van der Waals surface area contributed by atoms with E-state index in [0.29, 0.717) is 5.56 Å². The SMILES string of the molecule is CCC(C)(C)OCCS(=O)(=O)c1cccc(C#N)c1. The molecule has 0 spiro atoms. The summed E-state index contributed by atoms with van der Waals surface area (Å²) in [6.07, 6.45) is 0.816. The lowest BCUT2D eigenvalue weighted by molar-refractivity contribution is -0.0114. The van der Waals surface area contributed by atoms with Crippen LogP contribution in [0.5, 0.6) is 0 Å². The minimum Gasteiger partial charge on any atom is -0.375 e. The Morgan fingerprint density at radius 1 is 1.37 bits per heavy atom. The van der Waals surface area contributed by atoms with Crippen LogP contribution in [0, 0.1) is 11.3 Å². The number of nitrogens with zero attached hydrogens (tertiary/aromatic N) is 1. The molecular formula is C14H19NO3S. The molecule has 1 rings (SSSR count). The van der Waals surface area contributed by atoms with Crippen molar-refractivity contribution in [3.8, 4) is 6.07 Å². The third kappa shape index (κ3) is 4.66. The normalized spacial score (nSPS) is 12.1. The van der Waals surface area contributed by atoms with Crippen molar-refractivity contribution in [2.24, 2.45) is 0 Å². The van der Waals surface area contributed by atoms with Gasteiger partial charge in [-0.05, 0) is 38.5 Å². The standard InChI is InChI=1S/C14H19NO3S/c1-4-14(2,3)18-8-9-19(16,17)13-7-5-6-12(10-13)11-15/h5-7,10H,4,8-9H2,1-3H3.